The van der Waals surface area contributed by atoms with E-state index in [9.17, 15) is 28.8 Å². The first-order chi connectivity index (χ1) is 31.4. The lowest BCUT2D eigenvalue weighted by atomic mass is 9.87. The molecule has 66 heavy (non-hydrogen) atoms. The van der Waals surface area contributed by atoms with Gasteiger partial charge in [-0.2, -0.15) is 0 Å². The van der Waals surface area contributed by atoms with Gasteiger partial charge in [0.1, 0.15) is 42.5 Å². The highest BCUT2D eigenvalue weighted by molar-refractivity contribution is 6.38. The molecule has 4 aromatic rings. The maximum atomic E-state index is 14.7. The minimum atomic E-state index is -1.48. The molecule has 14 nitrogen and oxygen atoms in total. The quantitative estimate of drug-likeness (QED) is 0.0439. The van der Waals surface area contributed by atoms with E-state index in [1.165, 1.54) is 18.7 Å². The fourth-order valence-electron chi connectivity index (χ4n) is 8.02. The van der Waals surface area contributed by atoms with E-state index in [2.05, 4.69) is 6.58 Å². The number of nitrogens with zero attached hydrogens (tertiary/aromatic N) is 2. The second kappa shape index (κ2) is 20.9. The van der Waals surface area contributed by atoms with E-state index < -0.39 is 65.5 Å². The Morgan fingerprint density at radius 2 is 1.52 bits per heavy atom. The standard InChI is InChI=1S/C52H58N2O12/c1-9-45(55)64-32-52(6,7)47(57)48(58)54-26-25-53(50(60)63-30-41-39-19-12-10-17-37(39)38-18-11-13-20-40(38)41)29-42(54)49(59)65-43(24-23-34-22-21-33(2)44(27-34)61-8)35-15-14-16-36(28-35)62-31-46(56)66-51(3,4)5/h9-22,27-28,41-43H,1,23-26,29-32H2,2-8H3/t42-,43+/m0/s1. The Labute approximate surface area is 385 Å². The average Bonchev–Trinajstić information content (AvgIpc) is 3.63. The maximum Gasteiger partial charge on any atom is 0.409 e. The summed E-state index contributed by atoms with van der Waals surface area (Å²) in [4.78, 5) is 83.6. The Bertz CT molecular complexity index is 2430. The van der Waals surface area contributed by atoms with Crippen molar-refractivity contribution >= 4 is 35.7 Å². The smallest absolute Gasteiger partial charge is 0.409 e. The zero-order valence-corrected chi connectivity index (χ0v) is 38.6. The Morgan fingerprint density at radius 3 is 2.17 bits per heavy atom. The van der Waals surface area contributed by atoms with Gasteiger partial charge in [-0.15, -0.1) is 0 Å². The van der Waals surface area contributed by atoms with Crippen molar-refractivity contribution in [2.45, 2.75) is 78.0 Å². The molecule has 0 saturated carbocycles. The van der Waals surface area contributed by atoms with Gasteiger partial charge < -0.3 is 38.2 Å². The monoisotopic (exact) mass is 902 g/mol. The number of fused-ring (bicyclic) bond motifs is 3. The number of carbonyl (C=O) groups is 6. The minimum absolute atomic E-state index is 0.0232. The number of ether oxygens (including phenoxy) is 6. The Morgan fingerprint density at radius 1 is 0.833 bits per heavy atom. The van der Waals surface area contributed by atoms with Crippen LogP contribution in [0, 0.1) is 12.3 Å². The molecule has 1 heterocycles. The second-order valence-corrected chi connectivity index (χ2v) is 18.0. The zero-order valence-electron chi connectivity index (χ0n) is 38.6. The number of hydrogen-bond acceptors (Lipinski definition) is 12. The van der Waals surface area contributed by atoms with Gasteiger partial charge in [0.25, 0.3) is 5.91 Å². The summed E-state index contributed by atoms with van der Waals surface area (Å²) in [5.74, 6) is -3.35. The molecule has 1 saturated heterocycles. The summed E-state index contributed by atoms with van der Waals surface area (Å²) in [6.45, 7) is 12.1. The molecule has 2 amide bonds. The summed E-state index contributed by atoms with van der Waals surface area (Å²) in [5.41, 5.74) is 4.34. The lowest BCUT2D eigenvalue weighted by Gasteiger charge is -2.40. The van der Waals surface area contributed by atoms with Gasteiger partial charge in [-0.1, -0.05) is 79.4 Å². The zero-order chi connectivity index (χ0) is 47.8. The number of carbonyl (C=O) groups excluding carboxylic acids is 6. The molecular weight excluding hydrogens is 845 g/mol. The summed E-state index contributed by atoms with van der Waals surface area (Å²) in [6.07, 6.45) is -0.0184. The van der Waals surface area contributed by atoms with Crippen molar-refractivity contribution < 1.29 is 57.2 Å². The molecule has 1 fully saturated rings. The number of Topliss-reactive ketones (excluding diaryl/α,β-unsaturated/α-hetero) is 1. The van der Waals surface area contributed by atoms with Crippen LogP contribution in [-0.2, 0) is 49.3 Å². The Balaban J connectivity index is 1.27. The van der Waals surface area contributed by atoms with Crippen LogP contribution in [0.1, 0.15) is 80.9 Å². The summed E-state index contributed by atoms with van der Waals surface area (Å²) in [5, 5.41) is 0. The second-order valence-electron chi connectivity index (χ2n) is 18.0. The molecule has 1 aliphatic heterocycles. The van der Waals surface area contributed by atoms with E-state index in [1.807, 2.05) is 73.7 Å². The highest BCUT2D eigenvalue weighted by Crippen LogP contribution is 2.44. The van der Waals surface area contributed by atoms with Crippen molar-refractivity contribution in [3.8, 4) is 22.6 Å². The first kappa shape index (κ1) is 48.5. The molecule has 0 N–H and O–H groups in total. The van der Waals surface area contributed by atoms with E-state index in [0.29, 0.717) is 23.5 Å². The third-order valence-corrected chi connectivity index (χ3v) is 11.5. The molecule has 2 atom stereocenters. The predicted molar refractivity (Wildman–Crippen MR) is 245 cm³/mol. The van der Waals surface area contributed by atoms with Crippen LogP contribution in [-0.4, -0.2) is 104 Å². The number of benzene rings is 4. The summed E-state index contributed by atoms with van der Waals surface area (Å²) < 4.78 is 34.2. The molecule has 4 aromatic carbocycles. The van der Waals surface area contributed by atoms with E-state index in [4.69, 9.17) is 28.4 Å². The van der Waals surface area contributed by atoms with Crippen LogP contribution in [0.2, 0.25) is 0 Å². The van der Waals surface area contributed by atoms with E-state index in [-0.39, 0.29) is 45.2 Å². The van der Waals surface area contributed by atoms with Crippen LogP contribution >= 0.6 is 0 Å². The molecule has 6 rings (SSSR count). The topological polar surface area (TPSA) is 164 Å². The maximum absolute atomic E-state index is 14.7. The molecule has 348 valence electrons. The van der Waals surface area contributed by atoms with E-state index in [0.717, 1.165) is 44.4 Å². The SMILES string of the molecule is C=CC(=O)OCC(C)(C)C(=O)C(=O)N1CCN(C(=O)OCC2c3ccccc3-c3ccccc32)C[C@H]1C(=O)O[C@H](CCc1ccc(C)c(OC)c1)c1cccc(OCC(=O)OC(C)(C)C)c1. The highest BCUT2D eigenvalue weighted by Gasteiger charge is 2.45. The fourth-order valence-corrected chi connectivity index (χ4v) is 8.02. The van der Waals surface area contributed by atoms with Gasteiger partial charge in [-0.05, 0) is 112 Å². The van der Waals surface area contributed by atoms with Gasteiger partial charge in [0, 0.05) is 25.1 Å². The van der Waals surface area contributed by atoms with Crippen molar-refractivity contribution in [1.82, 2.24) is 9.80 Å². The third-order valence-electron chi connectivity index (χ3n) is 11.5. The largest absolute Gasteiger partial charge is 0.496 e. The van der Waals surface area contributed by atoms with Gasteiger partial charge in [0.15, 0.2) is 6.61 Å². The molecule has 0 radical (unpaired) electrons. The van der Waals surface area contributed by atoms with Crippen molar-refractivity contribution in [3.63, 3.8) is 0 Å². The fraction of sp³-hybridized carbons (Fsp3) is 0.385. The van der Waals surface area contributed by atoms with E-state index >= 15 is 0 Å². The van der Waals surface area contributed by atoms with Crippen LogP contribution in [0.3, 0.4) is 0 Å². The lowest BCUT2D eigenvalue weighted by Crippen LogP contribution is -2.62. The number of methoxy groups -OCH3 is 1. The number of piperazine rings is 1. The lowest BCUT2D eigenvalue weighted by molar-refractivity contribution is -0.166. The van der Waals surface area contributed by atoms with Crippen LogP contribution in [0.4, 0.5) is 4.79 Å². The number of esters is 3. The summed E-state index contributed by atoms with van der Waals surface area (Å²) in [7, 11) is 1.59. The average molecular weight is 903 g/mol. The molecule has 14 heteroatoms. The molecule has 0 unspecified atom stereocenters. The van der Waals surface area contributed by atoms with Gasteiger partial charge in [0.2, 0.25) is 5.78 Å². The van der Waals surface area contributed by atoms with Crippen LogP contribution in [0.15, 0.2) is 104 Å². The van der Waals surface area contributed by atoms with Crippen molar-refractivity contribution in [2.75, 3.05) is 46.6 Å². The number of ketones is 1. The molecule has 1 aliphatic carbocycles. The Kier molecular flexibility index (Phi) is 15.4. The van der Waals surface area contributed by atoms with Crippen LogP contribution in [0.5, 0.6) is 11.5 Å². The molecular formula is C52H58N2O12. The van der Waals surface area contributed by atoms with Crippen molar-refractivity contribution in [2.24, 2.45) is 5.41 Å². The number of rotatable bonds is 17. The summed E-state index contributed by atoms with van der Waals surface area (Å²) in [6, 6.07) is 27.0. The first-order valence-electron chi connectivity index (χ1n) is 21.9. The van der Waals surface area contributed by atoms with Gasteiger partial charge >= 0.3 is 24.0 Å². The normalized spacial score (nSPS) is 15.1. The predicted octanol–water partition coefficient (Wildman–Crippen LogP) is 7.73. The highest BCUT2D eigenvalue weighted by atomic mass is 16.6. The van der Waals surface area contributed by atoms with Crippen LogP contribution in [0.25, 0.3) is 11.1 Å². The first-order valence-corrected chi connectivity index (χ1v) is 21.9. The van der Waals surface area contributed by atoms with Gasteiger partial charge in [0.05, 0.1) is 19.1 Å². The molecule has 2 aliphatic rings. The van der Waals surface area contributed by atoms with Crippen LogP contribution < -0.4 is 9.47 Å². The summed E-state index contributed by atoms with van der Waals surface area (Å²) >= 11 is 0. The van der Waals surface area contributed by atoms with Gasteiger partial charge in [-0.25, -0.2) is 19.2 Å². The third kappa shape index (κ3) is 11.8. The number of amides is 2. The van der Waals surface area contributed by atoms with Gasteiger partial charge in [-0.3, -0.25) is 9.59 Å². The van der Waals surface area contributed by atoms with E-state index in [1.54, 1.807) is 52.1 Å². The van der Waals surface area contributed by atoms with Crippen molar-refractivity contribution in [1.29, 1.82) is 0 Å². The molecule has 0 bridgehead atoms. The van der Waals surface area contributed by atoms with Crippen molar-refractivity contribution in [3.05, 3.63) is 131 Å². The molecule has 0 aromatic heterocycles. The number of hydrogen-bond donors (Lipinski definition) is 0. The molecule has 0 spiro atoms. The minimum Gasteiger partial charge on any atom is -0.496 e. The number of aryl methyl sites for hydroxylation is 2. The Hall–Kier alpha value is -6.96.